The predicted molar refractivity (Wildman–Crippen MR) is 89.7 cm³/mol. The molecule has 0 heterocycles. The van der Waals surface area contributed by atoms with Crippen molar-refractivity contribution in [3.63, 3.8) is 0 Å². The van der Waals surface area contributed by atoms with Crippen LogP contribution >= 0.6 is 0 Å². The van der Waals surface area contributed by atoms with Gasteiger partial charge in [0.05, 0.1) is 13.0 Å². The van der Waals surface area contributed by atoms with Crippen LogP contribution in [0.1, 0.15) is 53.4 Å². The minimum absolute atomic E-state index is 0.150. The first-order chi connectivity index (χ1) is 10.5. The summed E-state index contributed by atoms with van der Waals surface area (Å²) in [6, 6.07) is 0. The Morgan fingerprint density at radius 2 is 1.68 bits per heavy atom. The van der Waals surface area contributed by atoms with Gasteiger partial charge in [0, 0.05) is 19.5 Å². The van der Waals surface area contributed by atoms with Gasteiger partial charge in [-0.05, 0) is 32.5 Å². The van der Waals surface area contributed by atoms with E-state index in [1.807, 2.05) is 11.8 Å². The Morgan fingerprint density at radius 3 is 2.18 bits per heavy atom. The Labute approximate surface area is 136 Å². The highest BCUT2D eigenvalue weighted by Gasteiger charge is 2.21. The fraction of sp³-hybridized carbons (Fsp3) is 0.882. The lowest BCUT2D eigenvalue weighted by molar-refractivity contribution is -0.146. The Morgan fingerprint density at radius 1 is 1.05 bits per heavy atom. The maximum atomic E-state index is 12.3. The van der Waals surface area contributed by atoms with Gasteiger partial charge in [0.25, 0.3) is 0 Å². The van der Waals surface area contributed by atoms with Crippen LogP contribution in [0.5, 0.6) is 0 Å². The van der Waals surface area contributed by atoms with Gasteiger partial charge in [-0.3, -0.25) is 9.59 Å². The summed E-state index contributed by atoms with van der Waals surface area (Å²) in [7, 11) is 1.39. The minimum atomic E-state index is -0.274. The third-order valence-electron chi connectivity index (χ3n) is 3.99. The van der Waals surface area contributed by atoms with E-state index in [1.54, 1.807) is 0 Å². The average molecular weight is 314 g/mol. The van der Waals surface area contributed by atoms with Gasteiger partial charge in [0.1, 0.15) is 0 Å². The minimum Gasteiger partial charge on any atom is -0.469 e. The van der Waals surface area contributed by atoms with E-state index in [1.165, 1.54) is 7.11 Å². The van der Waals surface area contributed by atoms with Crippen molar-refractivity contribution in [1.82, 2.24) is 9.80 Å². The molecule has 5 heteroatoms. The van der Waals surface area contributed by atoms with Crippen molar-refractivity contribution in [2.24, 2.45) is 5.92 Å². The maximum absolute atomic E-state index is 12.3. The number of hydrogen-bond acceptors (Lipinski definition) is 4. The molecule has 0 aliphatic carbocycles. The van der Waals surface area contributed by atoms with Gasteiger partial charge in [-0.1, -0.05) is 34.1 Å². The third kappa shape index (κ3) is 8.37. The van der Waals surface area contributed by atoms with Gasteiger partial charge in [-0.25, -0.2) is 0 Å². The maximum Gasteiger partial charge on any atom is 0.310 e. The molecule has 0 N–H and O–H groups in total. The molecule has 130 valence electrons. The van der Waals surface area contributed by atoms with Crippen LogP contribution in [0.15, 0.2) is 0 Å². The van der Waals surface area contributed by atoms with Gasteiger partial charge in [0.15, 0.2) is 0 Å². The summed E-state index contributed by atoms with van der Waals surface area (Å²) >= 11 is 0. The number of nitrogens with zero attached hydrogens (tertiary/aromatic N) is 2. The standard InChI is InChI=1S/C17H34N2O3/c1-6-9-11-16(20)19(14-15(4)17(21)22-5)13-10-12-18(7-2)8-3/h15H,6-14H2,1-5H3. The van der Waals surface area contributed by atoms with E-state index in [2.05, 4.69) is 25.7 Å². The van der Waals surface area contributed by atoms with E-state index in [-0.39, 0.29) is 17.8 Å². The van der Waals surface area contributed by atoms with Crippen molar-refractivity contribution in [3.8, 4) is 0 Å². The summed E-state index contributed by atoms with van der Waals surface area (Å²) < 4.78 is 4.77. The molecule has 5 nitrogen and oxygen atoms in total. The molecule has 0 saturated carbocycles. The second-order valence-electron chi connectivity index (χ2n) is 5.75. The highest BCUT2D eigenvalue weighted by atomic mass is 16.5. The Bertz CT molecular complexity index is 317. The average Bonchev–Trinajstić information content (AvgIpc) is 2.54. The Balaban J connectivity index is 4.51. The van der Waals surface area contributed by atoms with E-state index in [4.69, 9.17) is 4.74 Å². The van der Waals surface area contributed by atoms with Crippen LogP contribution in [-0.2, 0) is 14.3 Å². The van der Waals surface area contributed by atoms with Crippen molar-refractivity contribution in [2.75, 3.05) is 39.8 Å². The van der Waals surface area contributed by atoms with Crippen LogP contribution in [0.25, 0.3) is 0 Å². The first-order valence-electron chi connectivity index (χ1n) is 8.57. The molecule has 0 bridgehead atoms. The lowest BCUT2D eigenvalue weighted by Crippen LogP contribution is -2.39. The Kier molecular flexibility index (Phi) is 11.8. The smallest absolute Gasteiger partial charge is 0.310 e. The number of esters is 1. The van der Waals surface area contributed by atoms with Crippen molar-refractivity contribution in [2.45, 2.75) is 53.4 Å². The molecule has 0 aliphatic rings. The van der Waals surface area contributed by atoms with Crippen molar-refractivity contribution < 1.29 is 14.3 Å². The molecule has 0 fully saturated rings. The number of carbonyl (C=O) groups excluding carboxylic acids is 2. The lowest BCUT2D eigenvalue weighted by atomic mass is 10.1. The number of ether oxygens (including phenoxy) is 1. The second-order valence-corrected chi connectivity index (χ2v) is 5.75. The zero-order chi connectivity index (χ0) is 17.0. The zero-order valence-corrected chi connectivity index (χ0v) is 15.1. The normalized spacial score (nSPS) is 12.3. The number of hydrogen-bond donors (Lipinski definition) is 0. The topological polar surface area (TPSA) is 49.9 Å². The summed E-state index contributed by atoms with van der Waals surface area (Å²) in [6.45, 7) is 12.4. The van der Waals surface area contributed by atoms with E-state index < -0.39 is 0 Å². The molecule has 0 aliphatic heterocycles. The molecule has 1 unspecified atom stereocenters. The number of amides is 1. The molecule has 0 saturated heterocycles. The molecule has 1 amide bonds. The molecular formula is C17H34N2O3. The van der Waals surface area contributed by atoms with Gasteiger partial charge < -0.3 is 14.5 Å². The van der Waals surface area contributed by atoms with Crippen molar-refractivity contribution in [1.29, 1.82) is 0 Å². The fourth-order valence-corrected chi connectivity index (χ4v) is 2.44. The van der Waals surface area contributed by atoms with E-state index in [9.17, 15) is 9.59 Å². The first kappa shape index (κ1) is 20.9. The predicted octanol–water partition coefficient (Wildman–Crippen LogP) is 2.55. The Hall–Kier alpha value is -1.10. The second kappa shape index (κ2) is 12.4. The summed E-state index contributed by atoms with van der Waals surface area (Å²) in [4.78, 5) is 28.1. The van der Waals surface area contributed by atoms with Crippen molar-refractivity contribution in [3.05, 3.63) is 0 Å². The highest BCUT2D eigenvalue weighted by Crippen LogP contribution is 2.08. The SMILES string of the molecule is CCCCC(=O)N(CCCN(CC)CC)CC(C)C(=O)OC. The molecule has 0 aromatic heterocycles. The molecular weight excluding hydrogens is 280 g/mol. The van der Waals surface area contributed by atoms with Crippen LogP contribution in [0.4, 0.5) is 0 Å². The zero-order valence-electron chi connectivity index (χ0n) is 15.1. The monoisotopic (exact) mass is 314 g/mol. The number of rotatable bonds is 12. The lowest BCUT2D eigenvalue weighted by Gasteiger charge is -2.26. The van der Waals surface area contributed by atoms with Crippen LogP contribution in [-0.4, -0.2) is 61.5 Å². The largest absolute Gasteiger partial charge is 0.469 e. The third-order valence-corrected chi connectivity index (χ3v) is 3.99. The molecule has 0 spiro atoms. The van der Waals surface area contributed by atoms with E-state index in [0.29, 0.717) is 19.5 Å². The van der Waals surface area contributed by atoms with Gasteiger partial charge in [-0.2, -0.15) is 0 Å². The van der Waals surface area contributed by atoms with Gasteiger partial charge >= 0.3 is 5.97 Å². The number of unbranched alkanes of at least 4 members (excludes halogenated alkanes) is 1. The molecule has 22 heavy (non-hydrogen) atoms. The van der Waals surface area contributed by atoms with Crippen LogP contribution < -0.4 is 0 Å². The number of carbonyl (C=O) groups is 2. The molecule has 1 atom stereocenters. The number of methoxy groups -OCH3 is 1. The molecule has 0 aromatic rings. The van der Waals surface area contributed by atoms with Gasteiger partial charge in [-0.15, -0.1) is 0 Å². The molecule has 0 radical (unpaired) electrons. The summed E-state index contributed by atoms with van der Waals surface area (Å²) in [5, 5.41) is 0. The summed E-state index contributed by atoms with van der Waals surface area (Å²) in [6.07, 6.45) is 3.41. The first-order valence-corrected chi connectivity index (χ1v) is 8.57. The van der Waals surface area contributed by atoms with E-state index >= 15 is 0 Å². The quantitative estimate of drug-likeness (QED) is 0.519. The molecule has 0 rings (SSSR count). The summed E-state index contributed by atoms with van der Waals surface area (Å²) in [5.74, 6) is -0.377. The fourth-order valence-electron chi connectivity index (χ4n) is 2.44. The summed E-state index contributed by atoms with van der Waals surface area (Å²) in [5.41, 5.74) is 0. The van der Waals surface area contributed by atoms with Gasteiger partial charge in [0.2, 0.25) is 5.91 Å². The van der Waals surface area contributed by atoms with E-state index in [0.717, 1.165) is 38.9 Å². The van der Waals surface area contributed by atoms with Crippen LogP contribution in [0.2, 0.25) is 0 Å². The van der Waals surface area contributed by atoms with Crippen LogP contribution in [0, 0.1) is 5.92 Å². The van der Waals surface area contributed by atoms with Crippen molar-refractivity contribution >= 4 is 11.9 Å². The highest BCUT2D eigenvalue weighted by molar-refractivity contribution is 5.77. The molecule has 0 aromatic carbocycles. The van der Waals surface area contributed by atoms with Crippen LogP contribution in [0.3, 0.4) is 0 Å².